The minimum Gasteiger partial charge on any atom is -0.213 e. The number of hydrogen-bond acceptors (Lipinski definition) is 0. The van der Waals surface area contributed by atoms with Crippen molar-refractivity contribution in [1.29, 1.82) is 0 Å². The third kappa shape index (κ3) is 8.10. The fraction of sp³-hybridized carbons (Fsp3) is 0.545. The van der Waals surface area contributed by atoms with Gasteiger partial charge in [0.25, 0.3) is 0 Å². The van der Waals surface area contributed by atoms with Crippen molar-refractivity contribution in [3.8, 4) is 0 Å². The van der Waals surface area contributed by atoms with E-state index in [4.69, 9.17) is 0 Å². The molecule has 0 spiro atoms. The van der Waals surface area contributed by atoms with Gasteiger partial charge in [0.1, 0.15) is 0 Å². The first-order valence-corrected chi connectivity index (χ1v) is 12.2. The van der Waals surface area contributed by atoms with Crippen LogP contribution in [0.3, 0.4) is 0 Å². The van der Waals surface area contributed by atoms with Crippen LogP contribution in [0, 0.1) is 0 Å². The van der Waals surface area contributed by atoms with Crippen molar-refractivity contribution in [3.05, 3.63) is 48.5 Å². The van der Waals surface area contributed by atoms with Crippen LogP contribution in [0.15, 0.2) is 48.5 Å². The molecule has 0 N–H and O–H groups in total. The topological polar surface area (TPSA) is 0 Å². The van der Waals surface area contributed by atoms with Gasteiger partial charge in [-0.1, -0.05) is 55.4 Å². The number of hydrogen-bond donors (Lipinski definition) is 0. The first kappa shape index (κ1) is 25.1. The zero-order chi connectivity index (χ0) is 18.3. The summed E-state index contributed by atoms with van der Waals surface area (Å²) < 4.78 is 0. The smallest absolute Gasteiger partial charge is 0 e. The van der Waals surface area contributed by atoms with E-state index in [1.165, 1.54) is 0 Å². The molecule has 0 fully saturated rings. The molecule has 25 heavy (non-hydrogen) atoms. The van der Waals surface area contributed by atoms with Gasteiger partial charge in [-0.25, -0.2) is 24.3 Å². The third-order valence-corrected chi connectivity index (χ3v) is 10.4. The SMILES string of the molecule is CC(C)P([c-]1cccc1)C(C)C.CC(C)P([c-]1cccc1)C(C)C.[Fe]. The molecule has 0 radical (unpaired) electrons. The van der Waals surface area contributed by atoms with E-state index in [-0.39, 0.29) is 32.9 Å². The van der Waals surface area contributed by atoms with E-state index in [2.05, 4.69) is 104 Å². The van der Waals surface area contributed by atoms with E-state index in [0.29, 0.717) is 0 Å². The molecule has 144 valence electrons. The second-order valence-corrected chi connectivity index (χ2v) is 14.3. The minimum atomic E-state index is 0. The maximum atomic E-state index is 2.33. The van der Waals surface area contributed by atoms with Crippen molar-refractivity contribution < 1.29 is 17.1 Å². The molecule has 0 aliphatic carbocycles. The van der Waals surface area contributed by atoms with Gasteiger partial charge in [0, 0.05) is 17.1 Å². The normalized spacial score (nSPS) is 11.4. The summed E-state index contributed by atoms with van der Waals surface area (Å²) in [5.74, 6) is 0. The molecule has 0 heterocycles. The minimum absolute atomic E-state index is 0. The Morgan fingerprint density at radius 1 is 0.480 bits per heavy atom. The van der Waals surface area contributed by atoms with Crippen molar-refractivity contribution in [3.63, 3.8) is 0 Å². The summed E-state index contributed by atoms with van der Waals surface area (Å²) in [6, 6.07) is 17.7. The van der Waals surface area contributed by atoms with E-state index >= 15 is 0 Å². The molecule has 2 aromatic rings. The van der Waals surface area contributed by atoms with Gasteiger partial charge < -0.3 is 0 Å². The Labute approximate surface area is 169 Å². The van der Waals surface area contributed by atoms with Gasteiger partial charge in [0.15, 0.2) is 0 Å². The summed E-state index contributed by atoms with van der Waals surface area (Å²) in [7, 11) is 0.127. The predicted molar refractivity (Wildman–Crippen MR) is 118 cm³/mol. The van der Waals surface area contributed by atoms with Crippen molar-refractivity contribution >= 4 is 26.5 Å². The van der Waals surface area contributed by atoms with Gasteiger partial charge in [0.05, 0.1) is 0 Å². The zero-order valence-electron chi connectivity index (χ0n) is 17.2. The Hall–Kier alpha value is 0.0795. The van der Waals surface area contributed by atoms with E-state index in [9.17, 15) is 0 Å². The fourth-order valence-electron chi connectivity index (χ4n) is 3.46. The molecule has 0 unspecified atom stereocenters. The Kier molecular flexibility index (Phi) is 12.5. The molecule has 0 amide bonds. The molecule has 0 bridgehead atoms. The first-order valence-electron chi connectivity index (χ1n) is 9.25. The molecule has 0 aromatic heterocycles. The summed E-state index contributed by atoms with van der Waals surface area (Å²) in [5.41, 5.74) is 3.23. The van der Waals surface area contributed by atoms with E-state index in [1.54, 1.807) is 10.6 Å². The van der Waals surface area contributed by atoms with Crippen LogP contribution < -0.4 is 10.6 Å². The Balaban J connectivity index is 0.000000443. The summed E-state index contributed by atoms with van der Waals surface area (Å²) in [6.07, 6.45) is 0. The molecule has 0 saturated carbocycles. The van der Waals surface area contributed by atoms with Gasteiger partial charge in [-0.05, 0) is 22.6 Å². The average Bonchev–Trinajstić information content (AvgIpc) is 3.11. The van der Waals surface area contributed by atoms with Crippen molar-refractivity contribution in [2.24, 2.45) is 0 Å². The summed E-state index contributed by atoms with van der Waals surface area (Å²) >= 11 is 0. The second-order valence-electron chi connectivity index (χ2n) is 7.48. The van der Waals surface area contributed by atoms with E-state index < -0.39 is 0 Å². The number of rotatable bonds is 6. The van der Waals surface area contributed by atoms with E-state index in [1.807, 2.05) is 0 Å². The van der Waals surface area contributed by atoms with Crippen LogP contribution in [0.5, 0.6) is 0 Å². The Morgan fingerprint density at radius 3 is 0.840 bits per heavy atom. The first-order chi connectivity index (χ1) is 11.3. The molecule has 0 saturated heterocycles. The van der Waals surface area contributed by atoms with Crippen molar-refractivity contribution in [2.75, 3.05) is 0 Å². The Morgan fingerprint density at radius 2 is 0.680 bits per heavy atom. The van der Waals surface area contributed by atoms with Crippen LogP contribution in [0.1, 0.15) is 55.4 Å². The molecular weight excluding hydrogens is 382 g/mol. The third-order valence-electron chi connectivity index (χ3n) is 4.11. The molecule has 2 aromatic carbocycles. The van der Waals surface area contributed by atoms with Gasteiger partial charge in [-0.3, -0.25) is 0 Å². The molecular formula is C22H36FeP2-2. The van der Waals surface area contributed by atoms with Crippen LogP contribution in [-0.2, 0) is 17.1 Å². The zero-order valence-corrected chi connectivity index (χ0v) is 20.1. The average molecular weight is 418 g/mol. The molecule has 0 aliphatic heterocycles. The molecule has 0 nitrogen and oxygen atoms in total. The van der Waals surface area contributed by atoms with Gasteiger partial charge in [-0.15, -0.1) is 26.5 Å². The van der Waals surface area contributed by atoms with Crippen LogP contribution in [0.4, 0.5) is 0 Å². The Bertz CT molecular complexity index is 458. The van der Waals surface area contributed by atoms with Crippen molar-refractivity contribution in [2.45, 2.75) is 78.0 Å². The predicted octanol–water partition coefficient (Wildman–Crippen LogP) is 6.66. The van der Waals surface area contributed by atoms with Gasteiger partial charge in [-0.2, -0.15) is 24.3 Å². The monoisotopic (exact) mass is 418 g/mol. The van der Waals surface area contributed by atoms with Crippen LogP contribution in [0.2, 0.25) is 0 Å². The fourth-order valence-corrected chi connectivity index (χ4v) is 9.26. The summed E-state index contributed by atoms with van der Waals surface area (Å²) in [6.45, 7) is 18.7. The second kappa shape index (κ2) is 12.5. The van der Waals surface area contributed by atoms with Crippen LogP contribution in [0.25, 0.3) is 0 Å². The van der Waals surface area contributed by atoms with Crippen molar-refractivity contribution in [1.82, 2.24) is 0 Å². The van der Waals surface area contributed by atoms with Gasteiger partial charge in [0.2, 0.25) is 0 Å². The quantitative estimate of drug-likeness (QED) is 0.280. The maximum Gasteiger partial charge on any atom is 0 e. The van der Waals surface area contributed by atoms with E-state index in [0.717, 1.165) is 22.6 Å². The maximum absolute atomic E-state index is 2.33. The van der Waals surface area contributed by atoms with Gasteiger partial charge >= 0.3 is 0 Å². The molecule has 3 heteroatoms. The van der Waals surface area contributed by atoms with Crippen LogP contribution in [-0.4, -0.2) is 22.6 Å². The molecule has 0 aliphatic rings. The van der Waals surface area contributed by atoms with Crippen LogP contribution >= 0.6 is 15.8 Å². The largest absolute Gasteiger partial charge is 0.213 e. The molecule has 0 atom stereocenters. The molecule has 2 rings (SSSR count). The summed E-state index contributed by atoms with van der Waals surface area (Å²) in [4.78, 5) is 0. The summed E-state index contributed by atoms with van der Waals surface area (Å²) in [5, 5.41) is 3.13. The standard InChI is InChI=1S/2C11H18P.Fe/c2*1-9(2)12(10(3)4)11-7-5-6-8-11;/h2*5-10H,1-4H3;/q2*-1;.